The van der Waals surface area contributed by atoms with Crippen molar-refractivity contribution >= 4 is 28.9 Å². The number of hydrogen-bond acceptors (Lipinski definition) is 6. The average molecular weight is 426 g/mol. The summed E-state index contributed by atoms with van der Waals surface area (Å²) in [6.45, 7) is 3.34. The lowest BCUT2D eigenvalue weighted by Gasteiger charge is -2.36. The average Bonchev–Trinajstić information content (AvgIpc) is 2.98. The topological polar surface area (TPSA) is 106 Å². The van der Waals surface area contributed by atoms with Crippen LogP contribution in [0.15, 0.2) is 33.5 Å². The number of benzene rings is 1. The van der Waals surface area contributed by atoms with E-state index < -0.39 is 29.7 Å². The molecule has 2 aliphatic rings. The van der Waals surface area contributed by atoms with Crippen molar-refractivity contribution in [3.63, 3.8) is 0 Å². The van der Waals surface area contributed by atoms with Gasteiger partial charge in [0.05, 0.1) is 0 Å². The minimum Gasteiger partial charge on any atom is -0.459 e. The van der Waals surface area contributed by atoms with E-state index in [1.807, 2.05) is 26.0 Å². The minimum atomic E-state index is -0.915. The Labute approximate surface area is 179 Å². The number of nitrogens with one attached hydrogen (secondary N) is 1. The van der Waals surface area contributed by atoms with Crippen molar-refractivity contribution in [2.24, 2.45) is 5.92 Å². The molecule has 1 aromatic carbocycles. The second-order valence-electron chi connectivity index (χ2n) is 8.38. The lowest BCUT2D eigenvalue weighted by molar-refractivity contribution is -0.149. The van der Waals surface area contributed by atoms with Gasteiger partial charge in [0.2, 0.25) is 0 Å². The summed E-state index contributed by atoms with van der Waals surface area (Å²) < 4.78 is 10.6. The highest BCUT2D eigenvalue weighted by atomic mass is 16.5. The lowest BCUT2D eigenvalue weighted by Crippen LogP contribution is -2.54. The van der Waals surface area contributed by atoms with E-state index in [0.29, 0.717) is 23.0 Å². The van der Waals surface area contributed by atoms with E-state index in [-0.39, 0.29) is 18.4 Å². The molecule has 4 rings (SSSR count). The molecule has 8 nitrogen and oxygen atoms in total. The molecule has 3 amide bonds. The summed E-state index contributed by atoms with van der Waals surface area (Å²) in [5, 5.41) is 3.49. The van der Waals surface area contributed by atoms with E-state index in [4.69, 9.17) is 9.15 Å². The first-order valence-corrected chi connectivity index (χ1v) is 10.7. The van der Waals surface area contributed by atoms with Gasteiger partial charge in [0.1, 0.15) is 24.3 Å². The molecular formula is C23H26N2O6. The maximum atomic E-state index is 13.0. The molecule has 1 saturated carbocycles. The highest BCUT2D eigenvalue weighted by molar-refractivity contribution is 6.09. The normalized spacial score (nSPS) is 23.4. The molecular weight excluding hydrogens is 400 g/mol. The summed E-state index contributed by atoms with van der Waals surface area (Å²) in [5.74, 6) is -1.06. The Kier molecular flexibility index (Phi) is 5.56. The van der Waals surface area contributed by atoms with Crippen molar-refractivity contribution in [1.29, 1.82) is 0 Å². The van der Waals surface area contributed by atoms with Gasteiger partial charge in [0.15, 0.2) is 0 Å². The largest absolute Gasteiger partial charge is 0.459 e. The lowest BCUT2D eigenvalue weighted by atomic mass is 9.73. The Morgan fingerprint density at radius 3 is 2.81 bits per heavy atom. The van der Waals surface area contributed by atoms with Gasteiger partial charge in [0, 0.05) is 17.0 Å². The van der Waals surface area contributed by atoms with Crippen LogP contribution in [0, 0.1) is 5.92 Å². The predicted octanol–water partition coefficient (Wildman–Crippen LogP) is 2.90. The smallest absolute Gasteiger partial charge is 0.336 e. The molecule has 2 aromatic rings. The van der Waals surface area contributed by atoms with Crippen molar-refractivity contribution in [1.82, 2.24) is 10.2 Å². The van der Waals surface area contributed by atoms with Gasteiger partial charge >= 0.3 is 17.6 Å². The van der Waals surface area contributed by atoms with Crippen LogP contribution in [0.3, 0.4) is 0 Å². The Bertz CT molecular complexity index is 1110. The minimum absolute atomic E-state index is 0.0154. The molecule has 1 aliphatic heterocycles. The van der Waals surface area contributed by atoms with Crippen LogP contribution in [-0.2, 0) is 27.4 Å². The summed E-state index contributed by atoms with van der Waals surface area (Å²) in [5.41, 5.74) is 0.515. The number of fused-ring (bicyclic) bond motifs is 1. The monoisotopic (exact) mass is 426 g/mol. The molecule has 1 N–H and O–H groups in total. The van der Waals surface area contributed by atoms with Gasteiger partial charge in [-0.15, -0.1) is 0 Å². The quantitative estimate of drug-likeness (QED) is 0.448. The van der Waals surface area contributed by atoms with Gasteiger partial charge in [0.25, 0.3) is 5.91 Å². The van der Waals surface area contributed by atoms with Gasteiger partial charge in [-0.1, -0.05) is 38.8 Å². The number of amides is 3. The number of carbonyl (C=O) groups is 3. The van der Waals surface area contributed by atoms with Crippen molar-refractivity contribution in [2.75, 3.05) is 6.54 Å². The van der Waals surface area contributed by atoms with E-state index in [1.165, 1.54) is 6.07 Å². The third kappa shape index (κ3) is 3.82. The second-order valence-corrected chi connectivity index (χ2v) is 8.38. The van der Waals surface area contributed by atoms with Crippen molar-refractivity contribution in [3.8, 4) is 0 Å². The number of esters is 1. The van der Waals surface area contributed by atoms with Crippen molar-refractivity contribution in [3.05, 3.63) is 45.8 Å². The molecule has 2 fully saturated rings. The number of urea groups is 1. The first-order chi connectivity index (χ1) is 14.8. The molecule has 8 heteroatoms. The Morgan fingerprint density at radius 2 is 2.06 bits per heavy atom. The molecule has 31 heavy (non-hydrogen) atoms. The van der Waals surface area contributed by atoms with Crippen LogP contribution in [-0.4, -0.2) is 34.9 Å². The van der Waals surface area contributed by atoms with Crippen LogP contribution in [0.2, 0.25) is 0 Å². The molecule has 1 saturated heterocycles. The summed E-state index contributed by atoms with van der Waals surface area (Å²) in [7, 11) is 0. The van der Waals surface area contributed by atoms with Gasteiger partial charge in [-0.2, -0.15) is 0 Å². The SMILES string of the molecule is CCc1ccc2c(COC(=O)CN3C(=O)N[C@]4(CCCC[C@H]4C)C3=O)cc(=O)oc2c1. The zero-order valence-electron chi connectivity index (χ0n) is 17.7. The van der Waals surface area contributed by atoms with Crippen LogP contribution in [0.25, 0.3) is 11.0 Å². The first-order valence-electron chi connectivity index (χ1n) is 10.7. The Morgan fingerprint density at radius 1 is 1.26 bits per heavy atom. The third-order valence-corrected chi connectivity index (χ3v) is 6.48. The molecule has 164 valence electrons. The Balaban J connectivity index is 1.46. The standard InChI is InChI=1S/C23H26N2O6/c1-3-15-7-8-17-16(11-19(26)31-18(17)10-15)13-30-20(27)12-25-21(28)23(24-22(25)29)9-5-4-6-14(23)2/h7-8,10-11,14H,3-6,9,12-13H2,1-2H3,(H,24,29)/t14-,23+/m1/s1. The summed E-state index contributed by atoms with van der Waals surface area (Å²) in [6, 6.07) is 6.26. The highest BCUT2D eigenvalue weighted by Crippen LogP contribution is 2.38. The maximum Gasteiger partial charge on any atom is 0.336 e. The van der Waals surface area contributed by atoms with E-state index in [9.17, 15) is 19.2 Å². The predicted molar refractivity (Wildman–Crippen MR) is 112 cm³/mol. The second kappa shape index (κ2) is 8.17. The summed E-state index contributed by atoms with van der Waals surface area (Å²) in [6.07, 6.45) is 4.11. The van der Waals surface area contributed by atoms with Crippen LogP contribution >= 0.6 is 0 Å². The van der Waals surface area contributed by atoms with Crippen LogP contribution in [0.5, 0.6) is 0 Å². The fraction of sp³-hybridized carbons (Fsp3) is 0.478. The molecule has 1 spiro atoms. The first kappa shape index (κ1) is 21.1. The van der Waals surface area contributed by atoms with E-state index in [0.717, 1.165) is 36.1 Å². The fourth-order valence-corrected chi connectivity index (χ4v) is 4.59. The number of imide groups is 1. The van der Waals surface area contributed by atoms with E-state index in [2.05, 4.69) is 5.32 Å². The molecule has 0 radical (unpaired) electrons. The van der Waals surface area contributed by atoms with Gasteiger partial charge in [-0.3, -0.25) is 14.5 Å². The molecule has 1 aromatic heterocycles. The highest BCUT2D eigenvalue weighted by Gasteiger charge is 2.55. The molecule has 1 aliphatic carbocycles. The maximum absolute atomic E-state index is 13.0. The molecule has 0 unspecified atom stereocenters. The Hall–Kier alpha value is -3.16. The molecule has 0 bridgehead atoms. The molecule has 2 heterocycles. The van der Waals surface area contributed by atoms with Crippen LogP contribution in [0.4, 0.5) is 4.79 Å². The third-order valence-electron chi connectivity index (χ3n) is 6.48. The summed E-state index contributed by atoms with van der Waals surface area (Å²) >= 11 is 0. The van der Waals surface area contributed by atoms with Crippen LogP contribution < -0.4 is 10.9 Å². The van der Waals surface area contributed by atoms with Crippen molar-refractivity contribution in [2.45, 2.75) is 58.1 Å². The number of rotatable bonds is 5. The van der Waals surface area contributed by atoms with Gasteiger partial charge in [-0.05, 0) is 36.8 Å². The number of hydrogen-bond donors (Lipinski definition) is 1. The number of aryl methyl sites for hydroxylation is 1. The summed E-state index contributed by atoms with van der Waals surface area (Å²) in [4.78, 5) is 50.7. The zero-order valence-corrected chi connectivity index (χ0v) is 17.7. The van der Waals surface area contributed by atoms with E-state index >= 15 is 0 Å². The van der Waals surface area contributed by atoms with Gasteiger partial charge < -0.3 is 14.5 Å². The van der Waals surface area contributed by atoms with Crippen LogP contribution in [0.1, 0.15) is 50.7 Å². The van der Waals surface area contributed by atoms with Crippen molar-refractivity contribution < 1.29 is 23.5 Å². The van der Waals surface area contributed by atoms with Gasteiger partial charge in [-0.25, -0.2) is 9.59 Å². The fourth-order valence-electron chi connectivity index (χ4n) is 4.59. The number of carbonyl (C=O) groups excluding carboxylic acids is 3. The van der Waals surface area contributed by atoms with E-state index in [1.54, 1.807) is 6.07 Å². The zero-order chi connectivity index (χ0) is 22.2. The molecule has 2 atom stereocenters. The number of ether oxygens (including phenoxy) is 1. The number of nitrogens with zero attached hydrogens (tertiary/aromatic N) is 1.